The Kier molecular flexibility index (Phi) is 3.84. The van der Waals surface area contributed by atoms with Gasteiger partial charge in [0.2, 0.25) is 0 Å². The number of carbonyl (C=O) groups is 2. The maximum absolute atomic E-state index is 12.1. The summed E-state index contributed by atoms with van der Waals surface area (Å²) in [5, 5.41) is 19.2. The lowest BCUT2D eigenvalue weighted by Crippen LogP contribution is -2.29. The topological polar surface area (TPSA) is 106 Å². The highest BCUT2D eigenvalue weighted by atomic mass is 16.5. The predicted octanol–water partition coefficient (Wildman–Crippen LogP) is 0.838. The van der Waals surface area contributed by atoms with E-state index >= 15 is 0 Å². The van der Waals surface area contributed by atoms with Crippen LogP contribution in [0.5, 0.6) is 0 Å². The molecule has 22 heavy (non-hydrogen) atoms. The van der Waals surface area contributed by atoms with E-state index in [4.69, 9.17) is 9.84 Å². The monoisotopic (exact) mass is 302 g/mol. The minimum atomic E-state index is -1.04. The van der Waals surface area contributed by atoms with Crippen LogP contribution in [-0.2, 0) is 14.3 Å². The van der Waals surface area contributed by atoms with Crippen LogP contribution in [0.25, 0.3) is 5.69 Å². The maximum atomic E-state index is 12.1. The molecule has 1 aliphatic rings. The van der Waals surface area contributed by atoms with Gasteiger partial charge in [-0.1, -0.05) is 11.3 Å². The maximum Gasteiger partial charge on any atom is 0.332 e. The van der Waals surface area contributed by atoms with Crippen molar-refractivity contribution in [2.24, 2.45) is 0 Å². The van der Waals surface area contributed by atoms with Crippen LogP contribution in [0.4, 0.5) is 5.69 Å². The summed E-state index contributed by atoms with van der Waals surface area (Å²) in [7, 11) is 0. The number of hydrogen-bond donors (Lipinski definition) is 2. The summed E-state index contributed by atoms with van der Waals surface area (Å²) in [6.07, 6.45) is 2.34. The summed E-state index contributed by atoms with van der Waals surface area (Å²) in [5.41, 5.74) is 1.34. The van der Waals surface area contributed by atoms with E-state index in [1.807, 2.05) is 6.07 Å². The Morgan fingerprint density at radius 1 is 1.32 bits per heavy atom. The van der Waals surface area contributed by atoms with Gasteiger partial charge in [-0.2, -0.15) is 0 Å². The Hall–Kier alpha value is -2.74. The highest BCUT2D eigenvalue weighted by Crippen LogP contribution is 2.22. The first kappa shape index (κ1) is 14.2. The number of rotatable bonds is 4. The summed E-state index contributed by atoms with van der Waals surface area (Å²) in [5.74, 6) is -1.39. The summed E-state index contributed by atoms with van der Waals surface area (Å²) < 4.78 is 6.79. The fourth-order valence-corrected chi connectivity index (χ4v) is 2.31. The molecule has 0 unspecified atom stereocenters. The van der Waals surface area contributed by atoms with Crippen LogP contribution in [0.3, 0.4) is 0 Å². The molecule has 2 atom stereocenters. The second-order valence-corrected chi connectivity index (χ2v) is 4.92. The lowest BCUT2D eigenvalue weighted by Gasteiger charge is -2.12. The predicted molar refractivity (Wildman–Crippen MR) is 75.5 cm³/mol. The number of carbonyl (C=O) groups excluding carboxylic acids is 1. The molecule has 1 fully saturated rings. The van der Waals surface area contributed by atoms with Crippen LogP contribution < -0.4 is 5.32 Å². The highest BCUT2D eigenvalue weighted by Gasteiger charge is 2.34. The smallest absolute Gasteiger partial charge is 0.332 e. The SMILES string of the molecule is O=C(Nc1cccc(-n2ccnn2)c1)[C@@H]1CC[C@H](C(=O)O)O1. The van der Waals surface area contributed by atoms with Crippen LogP contribution in [0.1, 0.15) is 12.8 Å². The Balaban J connectivity index is 1.67. The molecule has 0 aliphatic carbocycles. The zero-order chi connectivity index (χ0) is 15.5. The molecule has 1 amide bonds. The quantitative estimate of drug-likeness (QED) is 0.866. The first-order chi connectivity index (χ1) is 10.6. The minimum absolute atomic E-state index is 0.340. The van der Waals surface area contributed by atoms with Gasteiger partial charge in [-0.05, 0) is 31.0 Å². The molecular weight excluding hydrogens is 288 g/mol. The number of benzene rings is 1. The Morgan fingerprint density at radius 2 is 2.14 bits per heavy atom. The highest BCUT2D eigenvalue weighted by molar-refractivity contribution is 5.95. The van der Waals surface area contributed by atoms with Crippen LogP contribution in [0.2, 0.25) is 0 Å². The number of carboxylic acid groups (broad SMARTS) is 1. The zero-order valence-corrected chi connectivity index (χ0v) is 11.5. The van der Waals surface area contributed by atoms with E-state index in [-0.39, 0.29) is 5.91 Å². The standard InChI is InChI=1S/C14H14N4O4/c19-13(11-4-5-12(22-11)14(20)21)16-9-2-1-3-10(8-9)18-7-6-15-17-18/h1-3,6-8,11-12H,4-5H2,(H,16,19)(H,20,21)/t11-,12+/m0/s1. The number of carboxylic acids is 1. The summed E-state index contributed by atoms with van der Waals surface area (Å²) >= 11 is 0. The van der Waals surface area contributed by atoms with Gasteiger partial charge in [-0.25, -0.2) is 9.48 Å². The van der Waals surface area contributed by atoms with E-state index in [1.54, 1.807) is 35.3 Å². The normalized spacial score (nSPS) is 20.7. The van der Waals surface area contributed by atoms with Gasteiger partial charge >= 0.3 is 5.97 Å². The first-order valence-corrected chi connectivity index (χ1v) is 6.79. The largest absolute Gasteiger partial charge is 0.479 e. The molecule has 2 N–H and O–H groups in total. The van der Waals surface area contributed by atoms with Gasteiger partial charge in [0.05, 0.1) is 18.1 Å². The van der Waals surface area contributed by atoms with E-state index in [0.29, 0.717) is 18.5 Å². The van der Waals surface area contributed by atoms with Gasteiger partial charge < -0.3 is 15.2 Å². The molecule has 2 aromatic rings. The molecule has 1 saturated heterocycles. The lowest BCUT2D eigenvalue weighted by molar-refractivity contribution is -0.150. The molecule has 1 aliphatic heterocycles. The van der Waals surface area contributed by atoms with Crippen molar-refractivity contribution in [3.05, 3.63) is 36.7 Å². The molecule has 0 bridgehead atoms. The second kappa shape index (κ2) is 5.94. The molecule has 0 radical (unpaired) electrons. The fraction of sp³-hybridized carbons (Fsp3) is 0.286. The van der Waals surface area contributed by atoms with Crippen molar-refractivity contribution in [1.82, 2.24) is 15.0 Å². The number of anilines is 1. The van der Waals surface area contributed by atoms with Gasteiger partial charge in [0.25, 0.3) is 5.91 Å². The van der Waals surface area contributed by atoms with Crippen LogP contribution in [-0.4, -0.2) is 44.2 Å². The zero-order valence-electron chi connectivity index (χ0n) is 11.5. The molecule has 8 heteroatoms. The lowest BCUT2D eigenvalue weighted by atomic mass is 10.2. The molecule has 1 aromatic carbocycles. The third-order valence-electron chi connectivity index (χ3n) is 3.39. The van der Waals surface area contributed by atoms with Crippen LogP contribution in [0, 0.1) is 0 Å². The van der Waals surface area contributed by atoms with Crippen molar-refractivity contribution in [3.8, 4) is 5.69 Å². The molecule has 3 rings (SSSR count). The van der Waals surface area contributed by atoms with Gasteiger partial charge in [-0.3, -0.25) is 4.79 Å². The summed E-state index contributed by atoms with van der Waals surface area (Å²) in [4.78, 5) is 22.9. The van der Waals surface area contributed by atoms with Gasteiger partial charge in [-0.15, -0.1) is 5.10 Å². The minimum Gasteiger partial charge on any atom is -0.479 e. The van der Waals surface area contributed by atoms with Crippen LogP contribution in [0.15, 0.2) is 36.7 Å². The third-order valence-corrected chi connectivity index (χ3v) is 3.39. The molecule has 114 valence electrons. The molecule has 8 nitrogen and oxygen atoms in total. The van der Waals surface area contributed by atoms with Crippen molar-refractivity contribution >= 4 is 17.6 Å². The number of ether oxygens (including phenoxy) is 1. The van der Waals surface area contributed by atoms with Crippen molar-refractivity contribution in [3.63, 3.8) is 0 Å². The van der Waals surface area contributed by atoms with Gasteiger partial charge in [0, 0.05) is 5.69 Å². The van der Waals surface area contributed by atoms with E-state index in [0.717, 1.165) is 5.69 Å². The Labute approximate surface area is 125 Å². The fourth-order valence-electron chi connectivity index (χ4n) is 2.31. The average molecular weight is 302 g/mol. The van der Waals surface area contributed by atoms with Crippen molar-refractivity contribution in [2.75, 3.05) is 5.32 Å². The van der Waals surface area contributed by atoms with Gasteiger partial charge in [0.15, 0.2) is 6.10 Å². The summed E-state index contributed by atoms with van der Waals surface area (Å²) in [6.45, 7) is 0. The van der Waals surface area contributed by atoms with E-state index in [9.17, 15) is 9.59 Å². The number of amides is 1. The number of hydrogen-bond acceptors (Lipinski definition) is 5. The van der Waals surface area contributed by atoms with Crippen LogP contribution >= 0.6 is 0 Å². The average Bonchev–Trinajstić information content (AvgIpc) is 3.19. The molecule has 0 saturated carbocycles. The second-order valence-electron chi connectivity index (χ2n) is 4.92. The van der Waals surface area contributed by atoms with Gasteiger partial charge in [0.1, 0.15) is 6.10 Å². The van der Waals surface area contributed by atoms with Crippen molar-refractivity contribution in [2.45, 2.75) is 25.0 Å². The Bertz CT molecular complexity index is 686. The molecule has 0 spiro atoms. The van der Waals surface area contributed by atoms with E-state index < -0.39 is 18.2 Å². The number of aliphatic carboxylic acids is 1. The molecule has 1 aromatic heterocycles. The Morgan fingerprint density at radius 3 is 2.82 bits per heavy atom. The molecular formula is C14H14N4O4. The number of nitrogens with one attached hydrogen (secondary N) is 1. The van der Waals surface area contributed by atoms with E-state index in [1.165, 1.54) is 0 Å². The first-order valence-electron chi connectivity index (χ1n) is 6.79. The third kappa shape index (κ3) is 2.96. The van der Waals surface area contributed by atoms with Crippen molar-refractivity contribution in [1.29, 1.82) is 0 Å². The number of aromatic nitrogens is 3. The van der Waals surface area contributed by atoms with Crippen molar-refractivity contribution < 1.29 is 19.4 Å². The summed E-state index contributed by atoms with van der Waals surface area (Å²) in [6, 6.07) is 7.09. The molecule has 2 heterocycles. The van der Waals surface area contributed by atoms with E-state index in [2.05, 4.69) is 15.6 Å². The number of nitrogens with zero attached hydrogens (tertiary/aromatic N) is 3.